The average molecular weight is 511 g/mol. The maximum absolute atomic E-state index is 6.02. The highest BCUT2D eigenvalue weighted by Gasteiger charge is 2.33. The molecule has 0 amide bonds. The standard InChI is InChI=1S/C24H22IN3S/c25-17-1-9-21(10-2-17)29(22-11-3-18(26)4-12-22,23-13-5-19(27)6-14-23)24-15-7-20(28)8-16-24/h1-16H,26-28H2. The Bertz CT molecular complexity index is 919. The first kappa shape index (κ1) is 19.7. The number of nitrogen functional groups attached to an aromatic ring is 3. The fourth-order valence-corrected chi connectivity index (χ4v) is 7.64. The zero-order chi connectivity index (χ0) is 20.4. The predicted octanol–water partition coefficient (Wildman–Crippen LogP) is 6.38. The van der Waals surface area contributed by atoms with Crippen molar-refractivity contribution in [3.63, 3.8) is 0 Å². The van der Waals surface area contributed by atoms with E-state index in [9.17, 15) is 0 Å². The van der Waals surface area contributed by atoms with Crippen molar-refractivity contribution in [1.82, 2.24) is 0 Å². The van der Waals surface area contributed by atoms with Crippen LogP contribution in [0.15, 0.2) is 117 Å². The van der Waals surface area contributed by atoms with E-state index >= 15 is 0 Å². The van der Waals surface area contributed by atoms with Crippen molar-refractivity contribution in [3.8, 4) is 0 Å². The number of rotatable bonds is 4. The zero-order valence-electron chi connectivity index (χ0n) is 15.8. The monoisotopic (exact) mass is 511 g/mol. The fourth-order valence-electron chi connectivity index (χ4n) is 3.47. The van der Waals surface area contributed by atoms with Crippen molar-refractivity contribution in [2.75, 3.05) is 17.2 Å². The minimum atomic E-state index is -1.75. The first-order chi connectivity index (χ1) is 14.0. The molecule has 4 aromatic rings. The summed E-state index contributed by atoms with van der Waals surface area (Å²) in [6, 6.07) is 33.4. The summed E-state index contributed by atoms with van der Waals surface area (Å²) in [6.45, 7) is 0. The van der Waals surface area contributed by atoms with Gasteiger partial charge in [0.25, 0.3) is 0 Å². The van der Waals surface area contributed by atoms with Crippen molar-refractivity contribution >= 4 is 49.7 Å². The second-order valence-corrected chi connectivity index (χ2v) is 11.1. The molecule has 3 nitrogen and oxygen atoms in total. The molecule has 4 aromatic carbocycles. The topological polar surface area (TPSA) is 78.1 Å². The quantitative estimate of drug-likeness (QED) is 0.220. The molecule has 0 aromatic heterocycles. The van der Waals surface area contributed by atoms with Gasteiger partial charge in [-0.05, 0) is 120 Å². The van der Waals surface area contributed by atoms with E-state index in [4.69, 9.17) is 17.2 Å². The van der Waals surface area contributed by atoms with Crippen molar-refractivity contribution in [2.24, 2.45) is 0 Å². The van der Waals surface area contributed by atoms with Gasteiger partial charge in [-0.3, -0.25) is 0 Å². The summed E-state index contributed by atoms with van der Waals surface area (Å²) in [5, 5.41) is 0. The molecule has 5 heteroatoms. The Morgan fingerprint density at radius 3 is 0.931 bits per heavy atom. The van der Waals surface area contributed by atoms with E-state index in [2.05, 4.69) is 83.3 Å². The normalized spacial score (nSPS) is 11.9. The number of hydrogen-bond acceptors (Lipinski definition) is 3. The van der Waals surface area contributed by atoms with Crippen LogP contribution in [-0.4, -0.2) is 0 Å². The second kappa shape index (κ2) is 8.00. The molecule has 146 valence electrons. The van der Waals surface area contributed by atoms with Gasteiger partial charge in [0.15, 0.2) is 0 Å². The molecule has 0 aliphatic heterocycles. The highest BCUT2D eigenvalue weighted by molar-refractivity contribution is 14.1. The van der Waals surface area contributed by atoms with Crippen LogP contribution in [0.4, 0.5) is 17.1 Å². The molecular weight excluding hydrogens is 489 g/mol. The molecule has 0 aliphatic rings. The number of nitrogens with two attached hydrogens (primary N) is 3. The molecule has 0 saturated heterocycles. The third-order valence-corrected chi connectivity index (χ3v) is 9.50. The molecule has 29 heavy (non-hydrogen) atoms. The molecule has 4 rings (SSSR count). The van der Waals surface area contributed by atoms with Crippen molar-refractivity contribution in [3.05, 3.63) is 101 Å². The van der Waals surface area contributed by atoms with E-state index in [-0.39, 0.29) is 0 Å². The molecule has 0 saturated carbocycles. The molecule has 0 spiro atoms. The molecule has 0 aliphatic carbocycles. The molecular formula is C24H22IN3S. The molecule has 0 fully saturated rings. The predicted molar refractivity (Wildman–Crippen MR) is 132 cm³/mol. The number of benzene rings is 4. The summed E-state index contributed by atoms with van der Waals surface area (Å²) in [4.78, 5) is 4.88. The van der Waals surface area contributed by atoms with E-state index in [0.717, 1.165) is 17.1 Å². The van der Waals surface area contributed by atoms with Crippen LogP contribution in [0.1, 0.15) is 0 Å². The van der Waals surface area contributed by atoms with E-state index in [1.54, 1.807) is 0 Å². The maximum atomic E-state index is 6.02. The Balaban J connectivity index is 2.11. The van der Waals surface area contributed by atoms with Gasteiger partial charge in [0, 0.05) is 40.2 Å². The fraction of sp³-hybridized carbons (Fsp3) is 0. The molecule has 0 radical (unpaired) electrons. The number of halogens is 1. The first-order valence-corrected chi connectivity index (χ1v) is 11.9. The Hall–Kier alpha value is -2.64. The summed E-state index contributed by atoms with van der Waals surface area (Å²) < 4.78 is 1.20. The lowest BCUT2D eigenvalue weighted by atomic mass is 10.3. The minimum absolute atomic E-state index is 0.749. The van der Waals surface area contributed by atoms with Gasteiger partial charge >= 0.3 is 0 Å². The van der Waals surface area contributed by atoms with Gasteiger partial charge in [-0.25, -0.2) is 0 Å². The first-order valence-electron chi connectivity index (χ1n) is 9.16. The van der Waals surface area contributed by atoms with Gasteiger partial charge in [0.05, 0.1) is 0 Å². The van der Waals surface area contributed by atoms with Crippen molar-refractivity contribution in [1.29, 1.82) is 0 Å². The molecule has 0 unspecified atom stereocenters. The highest BCUT2D eigenvalue weighted by Crippen LogP contribution is 2.73. The lowest BCUT2D eigenvalue weighted by Gasteiger charge is -2.42. The summed E-state index contributed by atoms with van der Waals surface area (Å²) in [5.74, 6) is 0. The van der Waals surface area contributed by atoms with Gasteiger partial charge in [-0.1, -0.05) is 0 Å². The summed E-state index contributed by atoms with van der Waals surface area (Å²) in [5.41, 5.74) is 20.3. The minimum Gasteiger partial charge on any atom is -0.399 e. The van der Waals surface area contributed by atoms with Gasteiger partial charge in [-0.15, -0.1) is 10.0 Å². The van der Waals surface area contributed by atoms with E-state index in [1.165, 1.54) is 23.2 Å². The number of anilines is 3. The highest BCUT2D eigenvalue weighted by atomic mass is 127. The summed E-state index contributed by atoms with van der Waals surface area (Å²) in [7, 11) is -1.75. The third-order valence-electron chi connectivity index (χ3n) is 4.87. The Morgan fingerprint density at radius 1 is 0.414 bits per heavy atom. The van der Waals surface area contributed by atoms with Crippen LogP contribution in [0.5, 0.6) is 0 Å². The van der Waals surface area contributed by atoms with Crippen LogP contribution in [-0.2, 0) is 0 Å². The molecule has 0 bridgehead atoms. The van der Waals surface area contributed by atoms with Crippen molar-refractivity contribution in [2.45, 2.75) is 19.6 Å². The van der Waals surface area contributed by atoms with Crippen molar-refractivity contribution < 1.29 is 0 Å². The smallest absolute Gasteiger partial charge is 0.0314 e. The van der Waals surface area contributed by atoms with Gasteiger partial charge in [0.1, 0.15) is 0 Å². The van der Waals surface area contributed by atoms with Crippen LogP contribution in [0.25, 0.3) is 0 Å². The summed E-state index contributed by atoms with van der Waals surface area (Å²) in [6.07, 6.45) is 0. The van der Waals surface area contributed by atoms with E-state index in [0.29, 0.717) is 0 Å². The van der Waals surface area contributed by atoms with Crippen LogP contribution in [0, 0.1) is 3.57 Å². The average Bonchev–Trinajstić information content (AvgIpc) is 2.73. The van der Waals surface area contributed by atoms with Gasteiger partial charge in [-0.2, -0.15) is 0 Å². The number of hydrogen-bond donors (Lipinski definition) is 3. The molecule has 0 atom stereocenters. The maximum Gasteiger partial charge on any atom is 0.0314 e. The second-order valence-electron chi connectivity index (χ2n) is 6.77. The Labute approximate surface area is 186 Å². The van der Waals surface area contributed by atoms with Gasteiger partial charge in [0.2, 0.25) is 0 Å². The SMILES string of the molecule is Nc1ccc(S(c2ccc(N)cc2)(c2ccc(N)cc2)c2ccc(I)cc2)cc1. The van der Waals surface area contributed by atoms with Gasteiger partial charge < -0.3 is 17.2 Å². The van der Waals surface area contributed by atoms with Crippen LogP contribution in [0.2, 0.25) is 0 Å². The molecule has 6 N–H and O–H groups in total. The largest absolute Gasteiger partial charge is 0.399 e. The lowest BCUT2D eigenvalue weighted by Crippen LogP contribution is -2.06. The summed E-state index contributed by atoms with van der Waals surface area (Å²) >= 11 is 2.34. The van der Waals surface area contributed by atoms with E-state index < -0.39 is 10.0 Å². The van der Waals surface area contributed by atoms with E-state index in [1.807, 2.05) is 36.4 Å². The van der Waals surface area contributed by atoms with Crippen LogP contribution < -0.4 is 17.2 Å². The van der Waals surface area contributed by atoms with Crippen LogP contribution >= 0.6 is 32.6 Å². The zero-order valence-corrected chi connectivity index (χ0v) is 18.7. The van der Waals surface area contributed by atoms with Crippen LogP contribution in [0.3, 0.4) is 0 Å². The Kier molecular flexibility index (Phi) is 5.43. The lowest BCUT2D eigenvalue weighted by molar-refractivity contribution is 1.24. The molecule has 0 heterocycles. The Morgan fingerprint density at radius 2 is 0.655 bits per heavy atom. The third kappa shape index (κ3) is 3.68.